The first-order valence-electron chi connectivity index (χ1n) is 14.0. The average Bonchev–Trinajstić information content (AvgIpc) is 3.62. The van der Waals surface area contributed by atoms with E-state index in [0.717, 1.165) is 58.5 Å². The Morgan fingerprint density at radius 1 is 0.895 bits per heavy atom. The predicted octanol–water partition coefficient (Wildman–Crippen LogP) is 5.44. The van der Waals surface area contributed by atoms with Gasteiger partial charge in [-0.2, -0.15) is 0 Å². The molecule has 7 rings (SSSR count). The van der Waals surface area contributed by atoms with Crippen LogP contribution in [0.25, 0.3) is 16.9 Å². The molecule has 2 aromatic heterocycles. The summed E-state index contributed by atoms with van der Waals surface area (Å²) >= 11 is 0. The summed E-state index contributed by atoms with van der Waals surface area (Å²) in [6, 6.07) is 19.8. The molecule has 1 amide bonds. The smallest absolute Gasteiger partial charge is 0.251 e. The highest BCUT2D eigenvalue weighted by molar-refractivity contribution is 5.99. The predicted molar refractivity (Wildman–Crippen MR) is 152 cm³/mol. The van der Waals surface area contributed by atoms with E-state index in [-0.39, 0.29) is 5.91 Å². The number of carbonyl (C=O) groups excluding carboxylic acids is 1. The van der Waals surface area contributed by atoms with Gasteiger partial charge in [0.1, 0.15) is 0 Å². The van der Waals surface area contributed by atoms with Crippen LogP contribution in [-0.2, 0) is 6.54 Å². The van der Waals surface area contributed by atoms with Gasteiger partial charge in [0, 0.05) is 55.0 Å². The number of rotatable bonds is 5. The number of anilines is 3. The van der Waals surface area contributed by atoms with Crippen LogP contribution in [0.2, 0.25) is 0 Å². The average molecular weight is 507 g/mol. The summed E-state index contributed by atoms with van der Waals surface area (Å²) < 4.78 is 2.11. The molecule has 194 valence electrons. The molecule has 0 saturated carbocycles. The molecule has 0 aliphatic carbocycles. The molecule has 7 heteroatoms. The number of fused-ring (bicyclic) bond motifs is 2. The van der Waals surface area contributed by atoms with E-state index in [1.807, 2.05) is 24.5 Å². The first kappa shape index (κ1) is 23.3. The van der Waals surface area contributed by atoms with Crippen LogP contribution in [0.1, 0.15) is 48.0 Å². The number of aromatic nitrogens is 2. The summed E-state index contributed by atoms with van der Waals surface area (Å²) in [5, 5.41) is 6.48. The third-order valence-electron chi connectivity index (χ3n) is 8.52. The topological polar surface area (TPSA) is 64.9 Å². The van der Waals surface area contributed by atoms with E-state index in [4.69, 9.17) is 0 Å². The molecular formula is C31H34N6O. The van der Waals surface area contributed by atoms with Crippen LogP contribution in [0.15, 0.2) is 67.0 Å². The quantitative estimate of drug-likeness (QED) is 0.377. The summed E-state index contributed by atoms with van der Waals surface area (Å²) in [6.07, 6.45) is 10.5. The zero-order valence-corrected chi connectivity index (χ0v) is 21.7. The van der Waals surface area contributed by atoms with Gasteiger partial charge in [0.05, 0.1) is 11.4 Å². The van der Waals surface area contributed by atoms with Gasteiger partial charge in [0.15, 0.2) is 5.65 Å². The molecule has 0 spiro atoms. The second-order valence-electron chi connectivity index (χ2n) is 10.8. The fraction of sp³-hybridized carbons (Fsp3) is 0.355. The zero-order chi connectivity index (χ0) is 25.5. The number of carbonyl (C=O) groups is 1. The van der Waals surface area contributed by atoms with Gasteiger partial charge in [-0.05, 0) is 98.4 Å². The van der Waals surface area contributed by atoms with E-state index in [2.05, 4.69) is 72.3 Å². The van der Waals surface area contributed by atoms with E-state index in [1.165, 1.54) is 50.9 Å². The Labute approximate surface area is 223 Å². The molecule has 5 heterocycles. The molecule has 2 N–H and O–H groups in total. The van der Waals surface area contributed by atoms with Crippen LogP contribution in [0.3, 0.4) is 0 Å². The Morgan fingerprint density at radius 3 is 2.53 bits per heavy atom. The van der Waals surface area contributed by atoms with Gasteiger partial charge in [-0.25, -0.2) is 4.98 Å². The van der Waals surface area contributed by atoms with E-state index < -0.39 is 0 Å². The highest BCUT2D eigenvalue weighted by atomic mass is 16.1. The SMILES string of the molecule is O=C1NCc2cc(-c3ccc(Nc4ccc(N5CCC(N6CCCCC6)CC5)cc4)c4nccn34)ccc21. The summed E-state index contributed by atoms with van der Waals surface area (Å²) in [4.78, 5) is 21.9. The zero-order valence-electron chi connectivity index (χ0n) is 21.7. The van der Waals surface area contributed by atoms with Crippen LogP contribution in [0.5, 0.6) is 0 Å². The van der Waals surface area contributed by atoms with Crippen molar-refractivity contribution in [2.75, 3.05) is 36.4 Å². The minimum Gasteiger partial charge on any atom is -0.371 e. The number of amides is 1. The number of benzene rings is 2. The Hall–Kier alpha value is -3.84. The lowest BCUT2D eigenvalue weighted by molar-refractivity contribution is 0.0965. The standard InChI is InChI=1S/C31H34N6O/c38-31-27-9-4-22(20-23(27)21-33-31)29-11-10-28(30-32-14-19-37(29)30)34-24-5-7-25(8-6-24)36-17-12-26(13-18-36)35-15-2-1-3-16-35/h4-11,14,19-20,26,34H,1-3,12-13,15-18,21H2,(H,33,38). The third-order valence-corrected chi connectivity index (χ3v) is 8.52. The van der Waals surface area contributed by atoms with E-state index in [0.29, 0.717) is 6.54 Å². The van der Waals surface area contributed by atoms with Crippen molar-refractivity contribution in [3.05, 3.63) is 78.1 Å². The molecule has 3 aliphatic rings. The Bertz CT molecular complexity index is 1460. The van der Waals surface area contributed by atoms with Crippen LogP contribution >= 0.6 is 0 Å². The van der Waals surface area contributed by atoms with Crippen LogP contribution < -0.4 is 15.5 Å². The monoisotopic (exact) mass is 506 g/mol. The van der Waals surface area contributed by atoms with E-state index in [1.54, 1.807) is 0 Å². The second-order valence-corrected chi connectivity index (χ2v) is 10.8. The molecule has 2 fully saturated rings. The molecule has 3 aliphatic heterocycles. The minimum atomic E-state index is 0.00632. The number of piperidine rings is 2. The molecule has 0 radical (unpaired) electrons. The first-order chi connectivity index (χ1) is 18.7. The van der Waals surface area contributed by atoms with Crippen molar-refractivity contribution in [2.24, 2.45) is 0 Å². The maximum atomic E-state index is 11.9. The molecule has 38 heavy (non-hydrogen) atoms. The van der Waals surface area contributed by atoms with Crippen molar-refractivity contribution in [3.63, 3.8) is 0 Å². The van der Waals surface area contributed by atoms with Gasteiger partial charge in [-0.1, -0.05) is 12.5 Å². The maximum absolute atomic E-state index is 11.9. The van der Waals surface area contributed by atoms with E-state index in [9.17, 15) is 4.79 Å². The van der Waals surface area contributed by atoms with Gasteiger partial charge in [0.25, 0.3) is 5.91 Å². The van der Waals surface area contributed by atoms with Crippen LogP contribution in [0.4, 0.5) is 17.1 Å². The fourth-order valence-electron chi connectivity index (χ4n) is 6.42. The molecule has 4 aromatic rings. The molecule has 7 nitrogen and oxygen atoms in total. The Balaban J connectivity index is 1.05. The van der Waals surface area contributed by atoms with Crippen molar-refractivity contribution < 1.29 is 4.79 Å². The summed E-state index contributed by atoms with van der Waals surface area (Å²) in [5.74, 6) is 0.00632. The van der Waals surface area contributed by atoms with Gasteiger partial charge in [-0.15, -0.1) is 0 Å². The molecule has 0 unspecified atom stereocenters. The Morgan fingerprint density at radius 2 is 1.71 bits per heavy atom. The summed E-state index contributed by atoms with van der Waals surface area (Å²) in [6.45, 7) is 5.44. The minimum absolute atomic E-state index is 0.00632. The number of pyridine rings is 1. The van der Waals surface area contributed by atoms with Crippen molar-refractivity contribution in [1.29, 1.82) is 0 Å². The van der Waals surface area contributed by atoms with Gasteiger partial charge >= 0.3 is 0 Å². The number of nitrogens with zero attached hydrogens (tertiary/aromatic N) is 4. The lowest BCUT2D eigenvalue weighted by atomic mass is 9.99. The molecule has 2 saturated heterocycles. The maximum Gasteiger partial charge on any atom is 0.251 e. The molecule has 0 bridgehead atoms. The summed E-state index contributed by atoms with van der Waals surface area (Å²) in [5.41, 5.74) is 8.13. The number of hydrogen-bond donors (Lipinski definition) is 2. The van der Waals surface area contributed by atoms with Crippen LogP contribution in [0, 0.1) is 0 Å². The molecule has 2 aromatic carbocycles. The first-order valence-corrected chi connectivity index (χ1v) is 14.0. The largest absolute Gasteiger partial charge is 0.371 e. The van der Waals surface area contributed by atoms with Crippen LogP contribution in [-0.4, -0.2) is 52.4 Å². The van der Waals surface area contributed by atoms with Crippen molar-refractivity contribution in [1.82, 2.24) is 19.6 Å². The number of nitrogens with one attached hydrogen (secondary N) is 2. The normalized spacial score (nSPS) is 18.5. The molecule has 0 atom stereocenters. The second kappa shape index (κ2) is 9.80. The lowest BCUT2D eigenvalue weighted by Gasteiger charge is -2.41. The number of likely N-dealkylation sites (tertiary alicyclic amines) is 1. The van der Waals surface area contributed by atoms with Crippen molar-refractivity contribution in [2.45, 2.75) is 44.7 Å². The number of hydrogen-bond acceptors (Lipinski definition) is 5. The Kier molecular flexibility index (Phi) is 6.01. The highest BCUT2D eigenvalue weighted by Crippen LogP contribution is 2.31. The summed E-state index contributed by atoms with van der Waals surface area (Å²) in [7, 11) is 0. The fourth-order valence-corrected chi connectivity index (χ4v) is 6.42. The van der Waals surface area contributed by atoms with Crippen molar-refractivity contribution in [3.8, 4) is 11.3 Å². The lowest BCUT2D eigenvalue weighted by Crippen LogP contribution is -2.46. The molecular weight excluding hydrogens is 472 g/mol. The van der Waals surface area contributed by atoms with Gasteiger partial charge in [0.2, 0.25) is 0 Å². The van der Waals surface area contributed by atoms with Gasteiger partial charge in [-0.3, -0.25) is 9.20 Å². The number of imidazole rings is 1. The van der Waals surface area contributed by atoms with Gasteiger partial charge < -0.3 is 20.4 Å². The highest BCUT2D eigenvalue weighted by Gasteiger charge is 2.25. The van der Waals surface area contributed by atoms with Crippen molar-refractivity contribution >= 4 is 28.6 Å². The van der Waals surface area contributed by atoms with E-state index >= 15 is 0 Å². The third kappa shape index (κ3) is 4.31.